The molecule has 3 aromatic rings. The van der Waals surface area contributed by atoms with Crippen LogP contribution in [0.2, 0.25) is 0 Å². The lowest BCUT2D eigenvalue weighted by Gasteiger charge is -2.14. The summed E-state index contributed by atoms with van der Waals surface area (Å²) in [5.74, 6) is 0. The van der Waals surface area contributed by atoms with E-state index in [0.717, 1.165) is 17.1 Å². The van der Waals surface area contributed by atoms with Gasteiger partial charge in [0.2, 0.25) is 0 Å². The number of thiazole rings is 1. The minimum atomic E-state index is 0.111. The average molecular weight is 299 g/mol. The molecule has 3 rings (SSSR count). The lowest BCUT2D eigenvalue weighted by molar-refractivity contribution is 0.570. The Kier molecular flexibility index (Phi) is 3.36. The summed E-state index contributed by atoms with van der Waals surface area (Å²) >= 11 is 1.73. The van der Waals surface area contributed by atoms with E-state index in [1.54, 1.807) is 11.3 Å². The van der Waals surface area contributed by atoms with Crippen molar-refractivity contribution in [3.05, 3.63) is 45.7 Å². The number of nitrogens with zero attached hydrogens (tertiary/aromatic N) is 3. The van der Waals surface area contributed by atoms with Crippen molar-refractivity contribution >= 4 is 22.4 Å². The Labute approximate surface area is 129 Å². The Morgan fingerprint density at radius 2 is 1.86 bits per heavy atom. The predicted octanol–water partition coefficient (Wildman–Crippen LogP) is 4.46. The summed E-state index contributed by atoms with van der Waals surface area (Å²) in [5.41, 5.74) is 6.12. The largest absolute Gasteiger partial charge is 0.324 e. The second-order valence-corrected chi connectivity index (χ2v) is 7.62. The highest BCUT2D eigenvalue weighted by atomic mass is 32.1. The molecule has 0 saturated carbocycles. The summed E-state index contributed by atoms with van der Waals surface area (Å²) in [6, 6.07) is 4.37. The molecule has 0 aliphatic rings. The number of imidazole rings is 1. The fourth-order valence-corrected chi connectivity index (χ4v) is 3.33. The van der Waals surface area contributed by atoms with Crippen LogP contribution in [-0.2, 0) is 12.0 Å². The zero-order chi connectivity index (χ0) is 15.2. The summed E-state index contributed by atoms with van der Waals surface area (Å²) in [4.78, 5) is 9.29. The molecule has 2 heterocycles. The molecule has 21 heavy (non-hydrogen) atoms. The van der Waals surface area contributed by atoms with Crippen LogP contribution in [0.5, 0.6) is 0 Å². The molecule has 1 aromatic carbocycles. The van der Waals surface area contributed by atoms with Gasteiger partial charge in [0.15, 0.2) is 0 Å². The fourth-order valence-electron chi connectivity index (χ4n) is 2.31. The second-order valence-electron chi connectivity index (χ2n) is 6.67. The predicted molar refractivity (Wildman–Crippen MR) is 89.1 cm³/mol. The molecule has 0 aliphatic heterocycles. The van der Waals surface area contributed by atoms with E-state index in [4.69, 9.17) is 4.98 Å². The first-order valence-electron chi connectivity index (χ1n) is 7.21. The van der Waals surface area contributed by atoms with Gasteiger partial charge in [-0.15, -0.1) is 11.3 Å². The zero-order valence-corrected chi connectivity index (χ0v) is 14.1. The lowest BCUT2D eigenvalue weighted by Crippen LogP contribution is -2.11. The molecule has 0 unspecified atom stereocenters. The smallest absolute Gasteiger partial charge is 0.113 e. The molecular formula is C17H21N3S. The first-order chi connectivity index (χ1) is 9.84. The van der Waals surface area contributed by atoms with Gasteiger partial charge in [0.1, 0.15) is 5.01 Å². The number of hydrogen-bond acceptors (Lipinski definition) is 3. The maximum absolute atomic E-state index is 4.77. The topological polar surface area (TPSA) is 30.7 Å². The summed E-state index contributed by atoms with van der Waals surface area (Å²) in [5, 5.41) is 3.31. The van der Waals surface area contributed by atoms with Gasteiger partial charge >= 0.3 is 0 Å². The van der Waals surface area contributed by atoms with Crippen molar-refractivity contribution in [1.82, 2.24) is 14.5 Å². The number of hydrogen-bond donors (Lipinski definition) is 0. The quantitative estimate of drug-likeness (QED) is 0.699. The Hall–Kier alpha value is -1.68. The Morgan fingerprint density at radius 3 is 2.52 bits per heavy atom. The number of benzene rings is 1. The molecule has 4 heteroatoms. The molecule has 2 aromatic heterocycles. The lowest BCUT2D eigenvalue weighted by atomic mass is 9.93. The van der Waals surface area contributed by atoms with Crippen molar-refractivity contribution < 1.29 is 0 Å². The van der Waals surface area contributed by atoms with Crippen molar-refractivity contribution in [2.75, 3.05) is 0 Å². The standard InChI is InChI=1S/C17H21N3S/c1-11-6-13-14(7-12(11)2)20(10-18-13)8-16-19-15(9-21-16)17(3,4)5/h6-7,9-10H,8H2,1-5H3. The minimum absolute atomic E-state index is 0.111. The Morgan fingerprint density at radius 1 is 1.14 bits per heavy atom. The van der Waals surface area contributed by atoms with Gasteiger partial charge in [-0.2, -0.15) is 0 Å². The van der Waals surface area contributed by atoms with Crippen LogP contribution >= 0.6 is 11.3 Å². The summed E-state index contributed by atoms with van der Waals surface area (Å²) in [6.45, 7) is 11.7. The monoisotopic (exact) mass is 299 g/mol. The van der Waals surface area contributed by atoms with Gasteiger partial charge in [-0.1, -0.05) is 20.8 Å². The molecule has 0 saturated heterocycles. The molecule has 0 spiro atoms. The Balaban J connectivity index is 1.95. The average Bonchev–Trinajstić information content (AvgIpc) is 2.99. The maximum atomic E-state index is 4.77. The van der Waals surface area contributed by atoms with Crippen LogP contribution in [0.3, 0.4) is 0 Å². The van der Waals surface area contributed by atoms with Crippen LogP contribution in [0.25, 0.3) is 11.0 Å². The van der Waals surface area contributed by atoms with E-state index in [1.807, 2.05) is 6.33 Å². The first-order valence-corrected chi connectivity index (χ1v) is 8.09. The van der Waals surface area contributed by atoms with Crippen LogP contribution in [0, 0.1) is 13.8 Å². The number of aryl methyl sites for hydroxylation is 2. The van der Waals surface area contributed by atoms with Gasteiger partial charge < -0.3 is 4.57 Å². The summed E-state index contributed by atoms with van der Waals surface area (Å²) in [6.07, 6.45) is 1.92. The third-order valence-corrected chi connectivity index (χ3v) is 4.70. The first kappa shape index (κ1) is 14.3. The van der Waals surface area contributed by atoms with E-state index in [9.17, 15) is 0 Å². The van der Waals surface area contributed by atoms with Crippen LogP contribution < -0.4 is 0 Å². The van der Waals surface area contributed by atoms with Gasteiger partial charge in [-0.3, -0.25) is 0 Å². The number of aromatic nitrogens is 3. The van der Waals surface area contributed by atoms with E-state index < -0.39 is 0 Å². The maximum Gasteiger partial charge on any atom is 0.113 e. The van der Waals surface area contributed by atoms with Gasteiger partial charge in [0.25, 0.3) is 0 Å². The highest BCUT2D eigenvalue weighted by Crippen LogP contribution is 2.25. The van der Waals surface area contributed by atoms with Crippen molar-refractivity contribution in [3.63, 3.8) is 0 Å². The van der Waals surface area contributed by atoms with E-state index in [2.05, 4.69) is 61.7 Å². The molecule has 110 valence electrons. The SMILES string of the molecule is Cc1cc2ncn(Cc3nc(C(C)(C)C)cs3)c2cc1C. The molecule has 0 amide bonds. The van der Waals surface area contributed by atoms with E-state index in [1.165, 1.54) is 22.3 Å². The van der Waals surface area contributed by atoms with Gasteiger partial charge in [-0.25, -0.2) is 9.97 Å². The van der Waals surface area contributed by atoms with Crippen molar-refractivity contribution in [1.29, 1.82) is 0 Å². The molecule has 0 N–H and O–H groups in total. The molecular weight excluding hydrogens is 278 g/mol. The molecule has 0 aliphatic carbocycles. The summed E-state index contributed by atoms with van der Waals surface area (Å²) in [7, 11) is 0. The Bertz CT molecular complexity index is 790. The van der Waals surface area contributed by atoms with Gasteiger partial charge in [0, 0.05) is 10.8 Å². The minimum Gasteiger partial charge on any atom is -0.324 e. The third-order valence-electron chi connectivity index (χ3n) is 3.86. The van der Waals surface area contributed by atoms with Crippen LogP contribution in [-0.4, -0.2) is 14.5 Å². The van der Waals surface area contributed by atoms with Gasteiger partial charge in [-0.05, 0) is 37.1 Å². The van der Waals surface area contributed by atoms with Crippen LogP contribution in [0.15, 0.2) is 23.8 Å². The van der Waals surface area contributed by atoms with Crippen LogP contribution in [0.4, 0.5) is 0 Å². The van der Waals surface area contributed by atoms with Crippen molar-refractivity contribution in [2.45, 2.75) is 46.6 Å². The molecule has 3 nitrogen and oxygen atoms in total. The van der Waals surface area contributed by atoms with Crippen molar-refractivity contribution in [2.24, 2.45) is 0 Å². The van der Waals surface area contributed by atoms with Crippen molar-refractivity contribution in [3.8, 4) is 0 Å². The highest BCUT2D eigenvalue weighted by molar-refractivity contribution is 7.09. The molecule has 0 radical (unpaired) electrons. The normalized spacial score (nSPS) is 12.2. The van der Waals surface area contributed by atoms with E-state index >= 15 is 0 Å². The number of rotatable bonds is 2. The highest BCUT2D eigenvalue weighted by Gasteiger charge is 2.17. The third kappa shape index (κ3) is 2.72. The van der Waals surface area contributed by atoms with E-state index in [-0.39, 0.29) is 5.41 Å². The van der Waals surface area contributed by atoms with Crippen LogP contribution in [0.1, 0.15) is 42.6 Å². The fraction of sp³-hybridized carbons (Fsp3) is 0.412. The van der Waals surface area contributed by atoms with Gasteiger partial charge in [0.05, 0.1) is 29.6 Å². The second kappa shape index (κ2) is 4.95. The zero-order valence-electron chi connectivity index (χ0n) is 13.3. The van der Waals surface area contributed by atoms with E-state index in [0.29, 0.717) is 0 Å². The number of fused-ring (bicyclic) bond motifs is 1. The molecule has 0 atom stereocenters. The molecule has 0 fully saturated rings. The molecule has 0 bridgehead atoms. The summed E-state index contributed by atoms with van der Waals surface area (Å²) < 4.78 is 2.19.